The van der Waals surface area contributed by atoms with Crippen LogP contribution in [-0.4, -0.2) is 48.9 Å². The smallest absolute Gasteiger partial charge is 0.356 e. The van der Waals surface area contributed by atoms with Crippen molar-refractivity contribution < 1.29 is 18.0 Å². The van der Waals surface area contributed by atoms with Crippen LogP contribution >= 0.6 is 46.7 Å². The van der Waals surface area contributed by atoms with Gasteiger partial charge in [0, 0.05) is 37.3 Å². The highest BCUT2D eigenvalue weighted by Gasteiger charge is 2.33. The van der Waals surface area contributed by atoms with Crippen molar-refractivity contribution in [1.82, 2.24) is 20.5 Å². The van der Waals surface area contributed by atoms with Gasteiger partial charge in [-0.05, 0) is 11.4 Å². The molecule has 2 aromatic heterocycles. The number of carbonyl (C=O) groups excluding carboxylic acids is 1. The Labute approximate surface area is 186 Å². The molecule has 2 aromatic rings. The summed E-state index contributed by atoms with van der Waals surface area (Å²) in [4.78, 5) is 22.1. The predicted molar refractivity (Wildman–Crippen MR) is 116 cm³/mol. The second kappa shape index (κ2) is 11.6. The van der Waals surface area contributed by atoms with Gasteiger partial charge in [-0.2, -0.15) is 13.2 Å². The first-order chi connectivity index (χ1) is 12.8. The Morgan fingerprint density at radius 3 is 2.61 bits per heavy atom. The van der Waals surface area contributed by atoms with Crippen molar-refractivity contribution in [2.45, 2.75) is 19.1 Å². The number of guanidine groups is 1. The monoisotopic (exact) mass is 547 g/mol. The summed E-state index contributed by atoms with van der Waals surface area (Å²) < 4.78 is 37.8. The van der Waals surface area contributed by atoms with E-state index < -0.39 is 11.9 Å². The van der Waals surface area contributed by atoms with Gasteiger partial charge >= 0.3 is 6.18 Å². The predicted octanol–water partition coefficient (Wildman–Crippen LogP) is 3.21. The quantitative estimate of drug-likeness (QED) is 0.318. The number of aromatic nitrogens is 1. The summed E-state index contributed by atoms with van der Waals surface area (Å²) in [6, 6.07) is 3.90. The van der Waals surface area contributed by atoms with Gasteiger partial charge in [0.05, 0.1) is 11.6 Å². The number of rotatable bonds is 7. The molecule has 28 heavy (non-hydrogen) atoms. The minimum absolute atomic E-state index is 0. The average Bonchev–Trinajstić information content (AvgIpc) is 3.27. The van der Waals surface area contributed by atoms with Crippen molar-refractivity contribution in [3.8, 4) is 0 Å². The van der Waals surface area contributed by atoms with Crippen molar-refractivity contribution in [1.29, 1.82) is 0 Å². The number of thiophene rings is 1. The molecule has 0 aliphatic rings. The van der Waals surface area contributed by atoms with Gasteiger partial charge in [-0.3, -0.25) is 4.79 Å². The fraction of sp³-hybridized carbons (Fsp3) is 0.438. The second-order valence-electron chi connectivity index (χ2n) is 5.69. The molecule has 6 nitrogen and oxygen atoms in total. The number of hydrogen-bond acceptors (Lipinski definition) is 5. The molecule has 0 aromatic carbocycles. The van der Waals surface area contributed by atoms with E-state index in [1.165, 1.54) is 4.90 Å². The van der Waals surface area contributed by atoms with Crippen LogP contribution in [-0.2, 0) is 23.9 Å². The number of halogens is 4. The van der Waals surface area contributed by atoms with Crippen LogP contribution in [0, 0.1) is 0 Å². The Bertz CT molecular complexity index is 763. The number of thiazole rings is 1. The molecule has 0 saturated heterocycles. The number of alkyl halides is 3. The van der Waals surface area contributed by atoms with E-state index in [1.54, 1.807) is 25.4 Å². The third-order valence-electron chi connectivity index (χ3n) is 3.35. The van der Waals surface area contributed by atoms with Gasteiger partial charge < -0.3 is 15.5 Å². The van der Waals surface area contributed by atoms with Crippen molar-refractivity contribution in [2.75, 3.05) is 27.2 Å². The third-order valence-corrected chi connectivity index (χ3v) is 5.14. The van der Waals surface area contributed by atoms with Crippen LogP contribution in [0.1, 0.15) is 15.6 Å². The number of aliphatic imine (C=N–C) groups is 1. The van der Waals surface area contributed by atoms with Gasteiger partial charge in [0.25, 0.3) is 0 Å². The van der Waals surface area contributed by atoms with E-state index in [0.717, 1.165) is 21.6 Å². The van der Waals surface area contributed by atoms with E-state index in [0.29, 0.717) is 30.5 Å². The molecule has 0 fully saturated rings. The van der Waals surface area contributed by atoms with Crippen LogP contribution in [0.3, 0.4) is 0 Å². The van der Waals surface area contributed by atoms with Gasteiger partial charge in [0.15, 0.2) is 11.7 Å². The van der Waals surface area contributed by atoms with E-state index in [1.807, 2.05) is 17.5 Å². The summed E-state index contributed by atoms with van der Waals surface area (Å²) in [6.45, 7) is 0.856. The lowest BCUT2D eigenvalue weighted by molar-refractivity contribution is -0.140. The molecule has 0 unspecified atom stereocenters. The molecule has 0 bridgehead atoms. The highest BCUT2D eigenvalue weighted by atomic mass is 127. The van der Waals surface area contributed by atoms with E-state index in [-0.39, 0.29) is 36.4 Å². The Morgan fingerprint density at radius 1 is 1.29 bits per heavy atom. The van der Waals surface area contributed by atoms with Crippen LogP contribution in [0.15, 0.2) is 27.9 Å². The number of likely N-dealkylation sites (N-methyl/N-ethyl adjacent to an activating group) is 1. The maximum atomic E-state index is 12.6. The molecule has 1 amide bonds. The lowest BCUT2D eigenvalue weighted by atomic mass is 10.4. The lowest BCUT2D eigenvalue weighted by Crippen LogP contribution is -2.39. The zero-order valence-electron chi connectivity index (χ0n) is 15.2. The van der Waals surface area contributed by atoms with Crippen molar-refractivity contribution in [3.63, 3.8) is 0 Å². The van der Waals surface area contributed by atoms with Crippen LogP contribution < -0.4 is 10.6 Å². The molecule has 0 spiro atoms. The molecule has 0 aliphatic carbocycles. The zero-order valence-corrected chi connectivity index (χ0v) is 19.2. The largest absolute Gasteiger partial charge is 0.434 e. The molecule has 2 N–H and O–H groups in total. The lowest BCUT2D eigenvalue weighted by Gasteiger charge is -2.13. The third kappa shape index (κ3) is 8.31. The highest BCUT2D eigenvalue weighted by Crippen LogP contribution is 2.29. The number of nitrogens with one attached hydrogen (secondary N) is 2. The van der Waals surface area contributed by atoms with Gasteiger partial charge in [-0.1, -0.05) is 6.07 Å². The standard InChI is InChI=1S/C16H20F3N5OS2.HI/c1-24(2)14(25)9-22-15(21-8-11-4-3-7-26-11)20-6-5-13-23-12(10-27-13)16(17,18)19;/h3-4,7,10H,5-6,8-9H2,1-2H3,(H2,20,21,22);1H. The summed E-state index contributed by atoms with van der Waals surface area (Å²) in [5.41, 5.74) is -0.871. The van der Waals surface area contributed by atoms with E-state index >= 15 is 0 Å². The molecule has 156 valence electrons. The van der Waals surface area contributed by atoms with Gasteiger partial charge in [-0.15, -0.1) is 46.7 Å². The SMILES string of the molecule is CN(C)C(=O)CN=C(NCCc1nc(C(F)(F)F)cs1)NCc1cccs1.I. The first-order valence-electron chi connectivity index (χ1n) is 8.02. The number of hydrogen-bond donors (Lipinski definition) is 2. The normalized spacial score (nSPS) is 11.7. The highest BCUT2D eigenvalue weighted by molar-refractivity contribution is 14.0. The fourth-order valence-corrected chi connectivity index (χ4v) is 3.34. The van der Waals surface area contributed by atoms with Gasteiger partial charge in [0.1, 0.15) is 6.54 Å². The van der Waals surface area contributed by atoms with Crippen LogP contribution in [0.25, 0.3) is 0 Å². The molecule has 12 heteroatoms. The summed E-state index contributed by atoms with van der Waals surface area (Å²) in [6.07, 6.45) is -4.11. The van der Waals surface area contributed by atoms with Crippen LogP contribution in [0.4, 0.5) is 13.2 Å². The fourth-order valence-electron chi connectivity index (χ4n) is 1.89. The Balaban J connectivity index is 0.00000392. The van der Waals surface area contributed by atoms with E-state index in [4.69, 9.17) is 0 Å². The molecule has 0 saturated carbocycles. The summed E-state index contributed by atoms with van der Waals surface area (Å²) in [7, 11) is 3.29. The number of nitrogens with zero attached hydrogens (tertiary/aromatic N) is 3. The maximum Gasteiger partial charge on any atom is 0.434 e. The minimum atomic E-state index is -4.43. The summed E-state index contributed by atoms with van der Waals surface area (Å²) in [5, 5.41) is 9.50. The number of carbonyl (C=O) groups is 1. The summed E-state index contributed by atoms with van der Waals surface area (Å²) >= 11 is 2.56. The van der Waals surface area contributed by atoms with E-state index in [9.17, 15) is 18.0 Å². The molecular weight excluding hydrogens is 526 g/mol. The molecule has 2 rings (SSSR count). The Hall–Kier alpha value is -1.41. The average molecular weight is 547 g/mol. The van der Waals surface area contributed by atoms with Gasteiger partial charge in [0.2, 0.25) is 5.91 Å². The van der Waals surface area contributed by atoms with Crippen molar-refractivity contribution in [2.24, 2.45) is 4.99 Å². The Morgan fingerprint density at radius 2 is 2.04 bits per heavy atom. The zero-order chi connectivity index (χ0) is 19.9. The molecular formula is C16H21F3IN5OS2. The molecule has 0 atom stereocenters. The first-order valence-corrected chi connectivity index (χ1v) is 9.78. The summed E-state index contributed by atoms with van der Waals surface area (Å²) in [5.74, 6) is 0.271. The molecule has 0 aliphatic heterocycles. The number of amides is 1. The minimum Gasteiger partial charge on any atom is -0.356 e. The van der Waals surface area contributed by atoms with Crippen molar-refractivity contribution in [3.05, 3.63) is 38.5 Å². The molecule has 0 radical (unpaired) electrons. The van der Waals surface area contributed by atoms with Crippen molar-refractivity contribution >= 4 is 58.5 Å². The second-order valence-corrected chi connectivity index (χ2v) is 7.66. The topological polar surface area (TPSA) is 69.6 Å². The maximum absolute atomic E-state index is 12.6. The van der Waals surface area contributed by atoms with E-state index in [2.05, 4.69) is 20.6 Å². The first kappa shape index (κ1) is 24.6. The Kier molecular flexibility index (Phi) is 10.2. The van der Waals surface area contributed by atoms with Gasteiger partial charge in [-0.25, -0.2) is 9.98 Å². The molecule has 2 heterocycles. The van der Waals surface area contributed by atoms with Crippen LogP contribution in [0.2, 0.25) is 0 Å². The van der Waals surface area contributed by atoms with Crippen LogP contribution in [0.5, 0.6) is 0 Å².